The molecule has 90 valence electrons. The van der Waals surface area contributed by atoms with Gasteiger partial charge in [-0.25, -0.2) is 4.68 Å². The normalized spacial score (nSPS) is 10.8. The van der Waals surface area contributed by atoms with Crippen molar-refractivity contribution >= 4 is 21.6 Å². The Kier molecular flexibility index (Phi) is 3.24. The molecule has 0 fully saturated rings. The number of anilines is 1. The number of aromatic nitrogens is 2. The number of nitrogen functional groups attached to an aromatic ring is 1. The number of hydrogen-bond donors (Lipinski definition) is 1. The summed E-state index contributed by atoms with van der Waals surface area (Å²) in [5, 5.41) is 4.59. The molecule has 0 aliphatic heterocycles. The summed E-state index contributed by atoms with van der Waals surface area (Å²) in [6, 6.07) is 5.78. The maximum absolute atomic E-state index is 5.75. The highest BCUT2D eigenvalue weighted by atomic mass is 79.9. The highest BCUT2D eigenvalue weighted by Crippen LogP contribution is 2.26. The van der Waals surface area contributed by atoms with Gasteiger partial charge in [-0.2, -0.15) is 5.10 Å². The van der Waals surface area contributed by atoms with Crippen molar-refractivity contribution in [1.29, 1.82) is 0 Å². The Morgan fingerprint density at radius 2 is 2.06 bits per heavy atom. The lowest BCUT2D eigenvalue weighted by Crippen LogP contribution is -2.01. The van der Waals surface area contributed by atoms with Gasteiger partial charge in [-0.3, -0.25) is 0 Å². The fourth-order valence-electron chi connectivity index (χ4n) is 2.12. The molecule has 2 rings (SSSR count). The molecule has 1 aromatic carbocycles. The SMILES string of the molecule is CCc1c(C)nn(-c2ccc(N)cc2Br)c1C. The zero-order valence-electron chi connectivity index (χ0n) is 10.3. The van der Waals surface area contributed by atoms with Crippen LogP contribution in [0.1, 0.15) is 23.9 Å². The summed E-state index contributed by atoms with van der Waals surface area (Å²) < 4.78 is 2.93. The molecule has 1 heterocycles. The lowest BCUT2D eigenvalue weighted by atomic mass is 10.1. The molecule has 0 bridgehead atoms. The van der Waals surface area contributed by atoms with E-state index in [1.54, 1.807) is 0 Å². The minimum Gasteiger partial charge on any atom is -0.399 e. The van der Waals surface area contributed by atoms with E-state index in [0.717, 1.165) is 28.0 Å². The Morgan fingerprint density at radius 3 is 2.59 bits per heavy atom. The van der Waals surface area contributed by atoms with Crippen LogP contribution in [0.2, 0.25) is 0 Å². The van der Waals surface area contributed by atoms with Gasteiger partial charge < -0.3 is 5.73 Å². The molecule has 0 aliphatic rings. The van der Waals surface area contributed by atoms with Crippen molar-refractivity contribution < 1.29 is 0 Å². The second-order valence-electron chi connectivity index (χ2n) is 4.13. The van der Waals surface area contributed by atoms with Crippen molar-refractivity contribution in [1.82, 2.24) is 9.78 Å². The Balaban J connectivity index is 2.61. The van der Waals surface area contributed by atoms with Crippen molar-refractivity contribution in [3.8, 4) is 5.69 Å². The summed E-state index contributed by atoms with van der Waals surface area (Å²) in [6.07, 6.45) is 1.00. The number of halogens is 1. The van der Waals surface area contributed by atoms with Gasteiger partial charge >= 0.3 is 0 Å². The Hall–Kier alpha value is -1.29. The molecule has 0 atom stereocenters. The van der Waals surface area contributed by atoms with Crippen molar-refractivity contribution in [3.05, 3.63) is 39.6 Å². The van der Waals surface area contributed by atoms with E-state index in [2.05, 4.69) is 34.9 Å². The minimum atomic E-state index is 0.748. The molecule has 0 radical (unpaired) electrons. The smallest absolute Gasteiger partial charge is 0.0792 e. The lowest BCUT2D eigenvalue weighted by molar-refractivity contribution is 0.829. The van der Waals surface area contributed by atoms with Crippen LogP contribution >= 0.6 is 15.9 Å². The largest absolute Gasteiger partial charge is 0.399 e. The standard InChI is InChI=1S/C13H16BrN3/c1-4-11-8(2)16-17(9(11)3)13-6-5-10(15)7-12(13)14/h5-7H,4,15H2,1-3H3. The predicted octanol–water partition coefficient (Wildman–Crippen LogP) is 3.40. The number of hydrogen-bond acceptors (Lipinski definition) is 2. The number of nitrogens with two attached hydrogens (primary N) is 1. The highest BCUT2D eigenvalue weighted by Gasteiger charge is 2.12. The molecular weight excluding hydrogens is 278 g/mol. The van der Waals surface area contributed by atoms with E-state index >= 15 is 0 Å². The van der Waals surface area contributed by atoms with Gasteiger partial charge in [0.05, 0.1) is 11.4 Å². The number of benzene rings is 1. The van der Waals surface area contributed by atoms with Crippen molar-refractivity contribution in [2.45, 2.75) is 27.2 Å². The van der Waals surface area contributed by atoms with E-state index in [-0.39, 0.29) is 0 Å². The molecule has 0 amide bonds. The van der Waals surface area contributed by atoms with Crippen LogP contribution in [-0.2, 0) is 6.42 Å². The molecule has 2 N–H and O–H groups in total. The molecule has 17 heavy (non-hydrogen) atoms. The van der Waals surface area contributed by atoms with Gasteiger partial charge in [0, 0.05) is 15.9 Å². The van der Waals surface area contributed by atoms with E-state index < -0.39 is 0 Å². The fraction of sp³-hybridized carbons (Fsp3) is 0.308. The summed E-state index contributed by atoms with van der Waals surface area (Å²) in [5.74, 6) is 0. The van der Waals surface area contributed by atoms with Gasteiger partial charge in [0.1, 0.15) is 0 Å². The van der Waals surface area contributed by atoms with Crippen LogP contribution in [0.3, 0.4) is 0 Å². The lowest BCUT2D eigenvalue weighted by Gasteiger charge is -2.08. The van der Waals surface area contributed by atoms with Gasteiger partial charge in [0.25, 0.3) is 0 Å². The van der Waals surface area contributed by atoms with Crippen molar-refractivity contribution in [3.63, 3.8) is 0 Å². The average molecular weight is 294 g/mol. The number of nitrogens with zero attached hydrogens (tertiary/aromatic N) is 2. The Morgan fingerprint density at radius 1 is 1.35 bits per heavy atom. The predicted molar refractivity (Wildman–Crippen MR) is 74.5 cm³/mol. The Labute approximate surface area is 110 Å². The minimum absolute atomic E-state index is 0.748. The van der Waals surface area contributed by atoms with E-state index in [1.807, 2.05) is 29.8 Å². The molecule has 0 saturated heterocycles. The van der Waals surface area contributed by atoms with Gasteiger partial charge in [0.2, 0.25) is 0 Å². The topological polar surface area (TPSA) is 43.8 Å². The summed E-state index contributed by atoms with van der Waals surface area (Å²) in [7, 11) is 0. The zero-order chi connectivity index (χ0) is 12.6. The molecule has 0 aliphatic carbocycles. The number of rotatable bonds is 2. The summed E-state index contributed by atoms with van der Waals surface area (Å²) in [5.41, 5.74) is 11.1. The first kappa shape index (κ1) is 12.2. The van der Waals surface area contributed by atoms with E-state index in [9.17, 15) is 0 Å². The van der Waals surface area contributed by atoms with E-state index in [4.69, 9.17) is 5.73 Å². The maximum atomic E-state index is 5.75. The summed E-state index contributed by atoms with van der Waals surface area (Å²) in [6.45, 7) is 6.30. The molecular formula is C13H16BrN3. The van der Waals surface area contributed by atoms with Crippen molar-refractivity contribution in [2.75, 3.05) is 5.73 Å². The highest BCUT2D eigenvalue weighted by molar-refractivity contribution is 9.10. The third-order valence-corrected chi connectivity index (χ3v) is 3.63. The molecule has 0 spiro atoms. The first-order chi connectivity index (χ1) is 8.04. The second-order valence-corrected chi connectivity index (χ2v) is 4.98. The molecule has 1 aromatic heterocycles. The first-order valence-electron chi connectivity index (χ1n) is 5.65. The zero-order valence-corrected chi connectivity index (χ0v) is 11.9. The molecule has 0 saturated carbocycles. The molecule has 3 nitrogen and oxygen atoms in total. The van der Waals surface area contributed by atoms with Crippen LogP contribution < -0.4 is 5.73 Å². The fourth-order valence-corrected chi connectivity index (χ4v) is 2.68. The monoisotopic (exact) mass is 293 g/mol. The van der Waals surface area contributed by atoms with E-state index in [1.165, 1.54) is 11.3 Å². The maximum Gasteiger partial charge on any atom is 0.0792 e. The van der Waals surface area contributed by atoms with Crippen LogP contribution in [-0.4, -0.2) is 9.78 Å². The number of aryl methyl sites for hydroxylation is 1. The second kappa shape index (κ2) is 4.53. The quantitative estimate of drug-likeness (QED) is 0.863. The average Bonchev–Trinajstić information content (AvgIpc) is 2.54. The third kappa shape index (κ3) is 2.09. The van der Waals surface area contributed by atoms with E-state index in [0.29, 0.717) is 0 Å². The summed E-state index contributed by atoms with van der Waals surface area (Å²) in [4.78, 5) is 0. The van der Waals surface area contributed by atoms with Gasteiger partial charge in [0.15, 0.2) is 0 Å². The Bertz CT molecular complexity index is 558. The van der Waals surface area contributed by atoms with Crippen LogP contribution in [0.25, 0.3) is 5.69 Å². The van der Waals surface area contributed by atoms with Crippen LogP contribution in [0.5, 0.6) is 0 Å². The third-order valence-electron chi connectivity index (χ3n) is 2.99. The van der Waals surface area contributed by atoms with Crippen LogP contribution in [0.4, 0.5) is 5.69 Å². The van der Waals surface area contributed by atoms with Gasteiger partial charge in [-0.1, -0.05) is 6.92 Å². The van der Waals surface area contributed by atoms with Gasteiger partial charge in [-0.15, -0.1) is 0 Å². The molecule has 2 aromatic rings. The van der Waals surface area contributed by atoms with Gasteiger partial charge in [-0.05, 0) is 60.0 Å². The van der Waals surface area contributed by atoms with Crippen LogP contribution in [0.15, 0.2) is 22.7 Å². The first-order valence-corrected chi connectivity index (χ1v) is 6.44. The summed E-state index contributed by atoms with van der Waals surface area (Å²) >= 11 is 3.53. The molecule has 4 heteroatoms. The molecule has 0 unspecified atom stereocenters. The van der Waals surface area contributed by atoms with Crippen molar-refractivity contribution in [2.24, 2.45) is 0 Å². The van der Waals surface area contributed by atoms with Crippen LogP contribution in [0, 0.1) is 13.8 Å².